The molecule has 0 radical (unpaired) electrons. The van der Waals surface area contributed by atoms with Gasteiger partial charge in [-0.1, -0.05) is 37.3 Å². The van der Waals surface area contributed by atoms with Crippen molar-refractivity contribution in [2.24, 2.45) is 0 Å². The van der Waals surface area contributed by atoms with Crippen LogP contribution in [0.3, 0.4) is 0 Å². The van der Waals surface area contributed by atoms with E-state index in [9.17, 15) is 4.79 Å². The molecule has 1 aromatic carbocycles. The number of fused-ring (bicyclic) bond motifs is 2. The molecule has 2 aliphatic heterocycles. The van der Waals surface area contributed by atoms with Crippen LogP contribution in [0, 0.1) is 0 Å². The van der Waals surface area contributed by atoms with Crippen LogP contribution in [-0.4, -0.2) is 54.6 Å². The SMILES string of the molecule is C[C@H](CCNC(=O)N1CC[C@H]2CC[C@@H](C1)N2C)c1ccccc1. The summed E-state index contributed by atoms with van der Waals surface area (Å²) >= 11 is 0. The van der Waals surface area contributed by atoms with E-state index in [1.807, 2.05) is 11.0 Å². The van der Waals surface area contributed by atoms with Crippen LogP contribution in [0.25, 0.3) is 0 Å². The Balaban J connectivity index is 1.44. The monoisotopic (exact) mass is 315 g/mol. The van der Waals surface area contributed by atoms with Crippen molar-refractivity contribution < 1.29 is 4.79 Å². The molecule has 2 bridgehead atoms. The minimum atomic E-state index is 0.117. The lowest BCUT2D eigenvalue weighted by molar-refractivity contribution is 0.188. The molecule has 3 rings (SSSR count). The first-order chi connectivity index (χ1) is 11.1. The predicted molar refractivity (Wildman–Crippen MR) is 93.6 cm³/mol. The van der Waals surface area contributed by atoms with E-state index in [0.29, 0.717) is 18.0 Å². The molecule has 4 heteroatoms. The van der Waals surface area contributed by atoms with Gasteiger partial charge in [0.05, 0.1) is 0 Å². The summed E-state index contributed by atoms with van der Waals surface area (Å²) in [4.78, 5) is 16.9. The Bertz CT molecular complexity index is 519. The Kier molecular flexibility index (Phi) is 5.21. The van der Waals surface area contributed by atoms with Gasteiger partial charge in [0, 0.05) is 31.7 Å². The molecule has 2 heterocycles. The van der Waals surface area contributed by atoms with E-state index >= 15 is 0 Å². The van der Waals surface area contributed by atoms with Gasteiger partial charge in [0.15, 0.2) is 0 Å². The second-order valence-electron chi connectivity index (χ2n) is 7.12. The van der Waals surface area contributed by atoms with Crippen molar-refractivity contribution in [1.29, 1.82) is 0 Å². The van der Waals surface area contributed by atoms with Crippen LogP contribution in [0.2, 0.25) is 0 Å². The van der Waals surface area contributed by atoms with E-state index in [2.05, 4.69) is 48.5 Å². The van der Waals surface area contributed by atoms with Crippen LogP contribution in [0.1, 0.15) is 44.1 Å². The highest BCUT2D eigenvalue weighted by Crippen LogP contribution is 2.28. The maximum atomic E-state index is 12.4. The van der Waals surface area contributed by atoms with Crippen LogP contribution in [0.4, 0.5) is 4.79 Å². The zero-order valence-corrected chi connectivity index (χ0v) is 14.4. The Labute approximate surface area is 139 Å². The molecule has 0 aliphatic carbocycles. The van der Waals surface area contributed by atoms with Crippen LogP contribution in [-0.2, 0) is 0 Å². The number of likely N-dealkylation sites (N-methyl/N-ethyl adjacent to an activating group) is 1. The summed E-state index contributed by atoms with van der Waals surface area (Å²) in [6.45, 7) is 4.75. The Morgan fingerprint density at radius 1 is 1.22 bits per heavy atom. The van der Waals surface area contributed by atoms with E-state index in [4.69, 9.17) is 0 Å². The van der Waals surface area contributed by atoms with Gasteiger partial charge in [0.1, 0.15) is 0 Å². The number of likely N-dealkylation sites (tertiary alicyclic amines) is 1. The molecule has 0 spiro atoms. The third-order valence-electron chi connectivity index (χ3n) is 5.66. The van der Waals surface area contributed by atoms with Gasteiger partial charge in [-0.05, 0) is 44.2 Å². The van der Waals surface area contributed by atoms with Crippen molar-refractivity contribution in [3.63, 3.8) is 0 Å². The molecule has 1 N–H and O–H groups in total. The van der Waals surface area contributed by atoms with Crippen LogP contribution in [0.15, 0.2) is 30.3 Å². The van der Waals surface area contributed by atoms with Gasteiger partial charge in [-0.3, -0.25) is 4.90 Å². The number of hydrogen-bond donors (Lipinski definition) is 1. The molecular formula is C19H29N3O. The second-order valence-corrected chi connectivity index (χ2v) is 7.12. The van der Waals surface area contributed by atoms with Crippen LogP contribution < -0.4 is 5.32 Å². The number of carbonyl (C=O) groups is 1. The number of nitrogens with zero attached hydrogens (tertiary/aromatic N) is 2. The molecule has 23 heavy (non-hydrogen) atoms. The quantitative estimate of drug-likeness (QED) is 0.927. The molecule has 4 nitrogen and oxygen atoms in total. The Morgan fingerprint density at radius 3 is 2.74 bits per heavy atom. The minimum Gasteiger partial charge on any atom is -0.338 e. The summed E-state index contributed by atoms with van der Waals surface area (Å²) in [5, 5.41) is 3.12. The van der Waals surface area contributed by atoms with E-state index < -0.39 is 0 Å². The van der Waals surface area contributed by atoms with E-state index in [-0.39, 0.29) is 6.03 Å². The summed E-state index contributed by atoms with van der Waals surface area (Å²) in [6.07, 6.45) is 4.62. The van der Waals surface area contributed by atoms with Crippen molar-refractivity contribution >= 4 is 6.03 Å². The fourth-order valence-corrected chi connectivity index (χ4v) is 3.95. The highest BCUT2D eigenvalue weighted by Gasteiger charge is 2.35. The molecule has 0 saturated carbocycles. The summed E-state index contributed by atoms with van der Waals surface area (Å²) in [5.41, 5.74) is 1.34. The van der Waals surface area contributed by atoms with Crippen LogP contribution in [0.5, 0.6) is 0 Å². The molecule has 3 atom stereocenters. The minimum absolute atomic E-state index is 0.117. The fourth-order valence-electron chi connectivity index (χ4n) is 3.95. The number of hydrogen-bond acceptors (Lipinski definition) is 2. The number of nitrogens with one attached hydrogen (secondary N) is 1. The summed E-state index contributed by atoms with van der Waals surface area (Å²) < 4.78 is 0. The highest BCUT2D eigenvalue weighted by molar-refractivity contribution is 5.74. The summed E-state index contributed by atoms with van der Waals surface area (Å²) in [6, 6.07) is 11.9. The molecule has 0 unspecified atom stereocenters. The van der Waals surface area contributed by atoms with Gasteiger partial charge in [0.25, 0.3) is 0 Å². The fraction of sp³-hybridized carbons (Fsp3) is 0.632. The topological polar surface area (TPSA) is 35.6 Å². The highest BCUT2D eigenvalue weighted by atomic mass is 16.2. The predicted octanol–water partition coefficient (Wildman–Crippen LogP) is 3.06. The van der Waals surface area contributed by atoms with E-state index in [1.54, 1.807) is 0 Å². The van der Waals surface area contributed by atoms with Crippen LogP contribution >= 0.6 is 0 Å². The van der Waals surface area contributed by atoms with Gasteiger partial charge >= 0.3 is 6.03 Å². The van der Waals surface area contributed by atoms with Gasteiger partial charge in [-0.25, -0.2) is 4.79 Å². The number of benzene rings is 1. The van der Waals surface area contributed by atoms with Gasteiger partial charge in [-0.15, -0.1) is 0 Å². The van der Waals surface area contributed by atoms with Gasteiger partial charge in [0.2, 0.25) is 0 Å². The summed E-state index contributed by atoms with van der Waals surface area (Å²) in [7, 11) is 2.21. The molecule has 0 aromatic heterocycles. The molecule has 2 saturated heterocycles. The molecular weight excluding hydrogens is 286 g/mol. The van der Waals surface area contributed by atoms with Gasteiger partial charge < -0.3 is 10.2 Å². The number of rotatable bonds is 4. The maximum Gasteiger partial charge on any atom is 0.317 e. The number of amides is 2. The Morgan fingerprint density at radius 2 is 1.96 bits per heavy atom. The average molecular weight is 315 g/mol. The molecule has 126 valence electrons. The van der Waals surface area contributed by atoms with Crippen molar-refractivity contribution in [2.45, 2.75) is 50.6 Å². The molecule has 2 fully saturated rings. The van der Waals surface area contributed by atoms with Gasteiger partial charge in [-0.2, -0.15) is 0 Å². The van der Waals surface area contributed by atoms with Crippen molar-refractivity contribution in [3.05, 3.63) is 35.9 Å². The zero-order chi connectivity index (χ0) is 16.2. The molecule has 2 amide bonds. The van der Waals surface area contributed by atoms with E-state index in [1.165, 1.54) is 18.4 Å². The smallest absolute Gasteiger partial charge is 0.317 e. The normalized spacial score (nSPS) is 25.9. The Hall–Kier alpha value is -1.55. The van der Waals surface area contributed by atoms with Crippen molar-refractivity contribution in [2.75, 3.05) is 26.7 Å². The second kappa shape index (κ2) is 7.35. The molecule has 2 aliphatic rings. The van der Waals surface area contributed by atoms with Crippen molar-refractivity contribution in [1.82, 2.24) is 15.1 Å². The number of urea groups is 1. The van der Waals surface area contributed by atoms with E-state index in [0.717, 1.165) is 32.5 Å². The maximum absolute atomic E-state index is 12.4. The first-order valence-electron chi connectivity index (χ1n) is 8.95. The number of carbonyl (C=O) groups excluding carboxylic acids is 1. The largest absolute Gasteiger partial charge is 0.338 e. The average Bonchev–Trinajstić information content (AvgIpc) is 2.80. The van der Waals surface area contributed by atoms with Crippen molar-refractivity contribution in [3.8, 4) is 0 Å². The zero-order valence-electron chi connectivity index (χ0n) is 14.4. The first-order valence-corrected chi connectivity index (χ1v) is 8.95. The first kappa shape index (κ1) is 16.3. The lowest BCUT2D eigenvalue weighted by Gasteiger charge is -2.26. The third kappa shape index (κ3) is 3.86. The molecule has 1 aromatic rings. The third-order valence-corrected chi connectivity index (χ3v) is 5.66. The standard InChI is InChI=1S/C19H29N3O/c1-15(16-6-4-3-5-7-16)10-12-20-19(23)22-13-11-17-8-9-18(14-22)21(17)2/h3-7,15,17-18H,8-14H2,1-2H3,(H,20,23)/t15-,17-,18+/m1/s1. The lowest BCUT2D eigenvalue weighted by atomic mass is 9.98. The summed E-state index contributed by atoms with van der Waals surface area (Å²) in [5.74, 6) is 0.475. The lowest BCUT2D eigenvalue weighted by Crippen LogP contribution is -2.45.